The van der Waals surface area contributed by atoms with Crippen molar-refractivity contribution in [2.45, 2.75) is 6.92 Å². The van der Waals surface area contributed by atoms with Crippen LogP contribution >= 0.6 is 0 Å². The molecule has 1 aliphatic heterocycles. The van der Waals surface area contributed by atoms with Gasteiger partial charge in [0.2, 0.25) is 5.91 Å². The molecule has 1 N–H and O–H groups in total. The van der Waals surface area contributed by atoms with Crippen LogP contribution in [0.25, 0.3) is 0 Å². The van der Waals surface area contributed by atoms with Crippen molar-refractivity contribution in [1.82, 2.24) is 14.8 Å². The third-order valence-electron chi connectivity index (χ3n) is 4.60. The maximum absolute atomic E-state index is 12.7. The number of nitrogens with zero attached hydrogens (tertiary/aromatic N) is 3. The van der Waals surface area contributed by atoms with Crippen LogP contribution in [0.15, 0.2) is 42.6 Å². The van der Waals surface area contributed by atoms with Gasteiger partial charge in [0.15, 0.2) is 0 Å². The van der Waals surface area contributed by atoms with Crippen LogP contribution in [0.5, 0.6) is 0 Å². The molecule has 0 unspecified atom stereocenters. The summed E-state index contributed by atoms with van der Waals surface area (Å²) in [6.07, 6.45) is 1.57. The molecule has 1 fully saturated rings. The Labute approximate surface area is 163 Å². The summed E-state index contributed by atoms with van der Waals surface area (Å²) in [6, 6.07) is 10.1. The topological polar surface area (TPSA) is 91.8 Å². The zero-order valence-electron chi connectivity index (χ0n) is 15.8. The third kappa shape index (κ3) is 4.46. The number of carbonyl (C=O) groups excluding carboxylic acids is 3. The van der Waals surface area contributed by atoms with Gasteiger partial charge in [-0.15, -0.1) is 0 Å². The molecule has 1 saturated heterocycles. The smallest absolute Gasteiger partial charge is 0.337 e. The van der Waals surface area contributed by atoms with E-state index < -0.39 is 5.97 Å². The lowest BCUT2D eigenvalue weighted by Gasteiger charge is -2.34. The largest absolute Gasteiger partial charge is 0.465 e. The molecule has 28 heavy (non-hydrogen) atoms. The molecule has 0 atom stereocenters. The summed E-state index contributed by atoms with van der Waals surface area (Å²) in [7, 11) is 1.33. The first-order valence-corrected chi connectivity index (χ1v) is 8.94. The van der Waals surface area contributed by atoms with Crippen molar-refractivity contribution in [3.8, 4) is 0 Å². The number of pyridine rings is 1. The number of carbonyl (C=O) groups is 3. The summed E-state index contributed by atoms with van der Waals surface area (Å²) in [4.78, 5) is 43.4. The number of hydrogen-bond acceptors (Lipinski definition) is 6. The van der Waals surface area contributed by atoms with Gasteiger partial charge in [-0.25, -0.2) is 9.78 Å². The van der Waals surface area contributed by atoms with Crippen LogP contribution in [0, 0.1) is 0 Å². The van der Waals surface area contributed by atoms with Crippen LogP contribution in [0.3, 0.4) is 0 Å². The first-order chi connectivity index (χ1) is 13.5. The number of amides is 2. The normalized spacial score (nSPS) is 13.8. The molecule has 2 amide bonds. The van der Waals surface area contributed by atoms with E-state index >= 15 is 0 Å². The second kappa shape index (κ2) is 8.51. The molecule has 3 rings (SSSR count). The number of methoxy groups -OCH3 is 1. The second-order valence-corrected chi connectivity index (χ2v) is 6.42. The predicted molar refractivity (Wildman–Crippen MR) is 103 cm³/mol. The number of hydrogen-bond donors (Lipinski definition) is 1. The molecule has 8 heteroatoms. The first kappa shape index (κ1) is 19.3. The predicted octanol–water partition coefficient (Wildman–Crippen LogP) is 1.92. The summed E-state index contributed by atoms with van der Waals surface area (Å²) in [6.45, 7) is 3.65. The van der Waals surface area contributed by atoms with Gasteiger partial charge in [0, 0.05) is 50.6 Å². The summed E-state index contributed by atoms with van der Waals surface area (Å²) < 4.78 is 4.68. The Morgan fingerprint density at radius 2 is 1.61 bits per heavy atom. The Bertz CT molecular complexity index is 874. The molecule has 0 saturated carbocycles. The monoisotopic (exact) mass is 382 g/mol. The van der Waals surface area contributed by atoms with E-state index in [1.165, 1.54) is 14.0 Å². The number of ether oxygens (including phenoxy) is 1. The maximum Gasteiger partial charge on any atom is 0.337 e. The van der Waals surface area contributed by atoms with Crippen LogP contribution in [0.2, 0.25) is 0 Å². The molecule has 0 bridgehead atoms. The van der Waals surface area contributed by atoms with E-state index in [1.807, 2.05) is 0 Å². The highest BCUT2D eigenvalue weighted by Gasteiger charge is 2.23. The van der Waals surface area contributed by atoms with E-state index in [1.54, 1.807) is 52.4 Å². The lowest BCUT2D eigenvalue weighted by atomic mass is 10.2. The van der Waals surface area contributed by atoms with Gasteiger partial charge in [-0.05, 0) is 36.4 Å². The third-order valence-corrected chi connectivity index (χ3v) is 4.60. The minimum absolute atomic E-state index is 0.0284. The zero-order chi connectivity index (χ0) is 20.1. The number of anilines is 2. The molecular weight excluding hydrogens is 360 g/mol. The minimum atomic E-state index is -0.401. The van der Waals surface area contributed by atoms with Crippen molar-refractivity contribution in [3.05, 3.63) is 53.7 Å². The summed E-state index contributed by atoms with van der Waals surface area (Å²) in [5.41, 5.74) is 1.72. The van der Waals surface area contributed by atoms with Crippen LogP contribution in [-0.4, -0.2) is 65.9 Å². The molecule has 1 aromatic heterocycles. The van der Waals surface area contributed by atoms with E-state index in [4.69, 9.17) is 0 Å². The lowest BCUT2D eigenvalue weighted by Crippen LogP contribution is -2.50. The minimum Gasteiger partial charge on any atom is -0.465 e. The molecule has 2 heterocycles. The molecule has 8 nitrogen and oxygen atoms in total. The van der Waals surface area contributed by atoms with Crippen LogP contribution < -0.4 is 5.32 Å². The van der Waals surface area contributed by atoms with Crippen molar-refractivity contribution >= 4 is 29.3 Å². The Balaban J connectivity index is 1.66. The number of piperazine rings is 1. The number of benzene rings is 1. The average molecular weight is 382 g/mol. The van der Waals surface area contributed by atoms with Gasteiger partial charge in [-0.2, -0.15) is 0 Å². The molecule has 0 spiro atoms. The van der Waals surface area contributed by atoms with Gasteiger partial charge in [-0.1, -0.05) is 0 Å². The Morgan fingerprint density at radius 3 is 2.21 bits per heavy atom. The van der Waals surface area contributed by atoms with E-state index in [0.29, 0.717) is 43.1 Å². The van der Waals surface area contributed by atoms with Gasteiger partial charge >= 0.3 is 5.97 Å². The molecule has 1 aliphatic rings. The lowest BCUT2D eigenvalue weighted by molar-refractivity contribution is -0.130. The van der Waals surface area contributed by atoms with E-state index in [0.717, 1.165) is 5.69 Å². The highest BCUT2D eigenvalue weighted by Crippen LogP contribution is 2.18. The number of aromatic nitrogens is 1. The van der Waals surface area contributed by atoms with Crippen molar-refractivity contribution in [3.63, 3.8) is 0 Å². The molecular formula is C20H22N4O4. The Morgan fingerprint density at radius 1 is 0.964 bits per heavy atom. The molecule has 0 aliphatic carbocycles. The number of esters is 1. The summed E-state index contributed by atoms with van der Waals surface area (Å²) in [5, 5.41) is 3.12. The summed E-state index contributed by atoms with van der Waals surface area (Å²) in [5.74, 6) is 0.0663. The molecule has 2 aromatic rings. The Kier molecular flexibility index (Phi) is 5.88. The van der Waals surface area contributed by atoms with Crippen molar-refractivity contribution in [2.75, 3.05) is 38.6 Å². The fourth-order valence-corrected chi connectivity index (χ4v) is 2.99. The van der Waals surface area contributed by atoms with Gasteiger partial charge < -0.3 is 19.9 Å². The quantitative estimate of drug-likeness (QED) is 0.813. The highest BCUT2D eigenvalue weighted by atomic mass is 16.5. The highest BCUT2D eigenvalue weighted by molar-refractivity contribution is 5.95. The zero-order valence-corrected chi connectivity index (χ0v) is 15.8. The SMILES string of the molecule is COC(=O)c1ccc(Nc2cc(C(=O)N3CCN(C(C)=O)CC3)ccn2)cc1. The van der Waals surface area contributed by atoms with Gasteiger partial charge in [-0.3, -0.25) is 9.59 Å². The first-order valence-electron chi connectivity index (χ1n) is 8.94. The standard InChI is InChI=1S/C20H22N4O4/c1-14(25)23-9-11-24(12-10-23)19(26)16-7-8-21-18(13-16)22-17-5-3-15(4-6-17)20(27)28-2/h3-8,13H,9-12H2,1-2H3,(H,21,22). The Hall–Kier alpha value is -3.42. The summed E-state index contributed by atoms with van der Waals surface area (Å²) >= 11 is 0. The van der Waals surface area contributed by atoms with E-state index in [-0.39, 0.29) is 11.8 Å². The second-order valence-electron chi connectivity index (χ2n) is 6.42. The van der Waals surface area contributed by atoms with Crippen molar-refractivity contribution in [1.29, 1.82) is 0 Å². The molecule has 1 aromatic carbocycles. The van der Waals surface area contributed by atoms with E-state index in [2.05, 4.69) is 15.0 Å². The maximum atomic E-state index is 12.7. The molecule has 0 radical (unpaired) electrons. The number of rotatable bonds is 4. The van der Waals surface area contributed by atoms with Crippen molar-refractivity contribution in [2.24, 2.45) is 0 Å². The van der Waals surface area contributed by atoms with Gasteiger partial charge in [0.25, 0.3) is 5.91 Å². The van der Waals surface area contributed by atoms with Gasteiger partial charge in [0.1, 0.15) is 5.82 Å². The van der Waals surface area contributed by atoms with Crippen LogP contribution in [-0.2, 0) is 9.53 Å². The van der Waals surface area contributed by atoms with Crippen LogP contribution in [0.1, 0.15) is 27.6 Å². The van der Waals surface area contributed by atoms with E-state index in [9.17, 15) is 14.4 Å². The fourth-order valence-electron chi connectivity index (χ4n) is 2.99. The average Bonchev–Trinajstić information content (AvgIpc) is 2.73. The van der Waals surface area contributed by atoms with Gasteiger partial charge in [0.05, 0.1) is 12.7 Å². The fraction of sp³-hybridized carbons (Fsp3) is 0.300. The molecule has 146 valence electrons. The van der Waals surface area contributed by atoms with Crippen LogP contribution in [0.4, 0.5) is 11.5 Å². The number of nitrogens with one attached hydrogen (secondary N) is 1. The van der Waals surface area contributed by atoms with Crippen molar-refractivity contribution < 1.29 is 19.1 Å².